The predicted octanol–water partition coefficient (Wildman–Crippen LogP) is 13.5. The van der Waals surface area contributed by atoms with E-state index in [9.17, 15) is 0 Å². The van der Waals surface area contributed by atoms with Gasteiger partial charge in [-0.15, -0.1) is 0 Å². The molecular formula is C54H43N5. The monoisotopic (exact) mass is 761 g/mol. The molecule has 0 N–H and O–H groups in total. The lowest BCUT2D eigenvalue weighted by Gasteiger charge is -2.18. The lowest BCUT2D eigenvalue weighted by molar-refractivity contribution is 1.11. The Morgan fingerprint density at radius 1 is 0.712 bits per heavy atom. The van der Waals surface area contributed by atoms with Gasteiger partial charge in [-0.2, -0.15) is 0 Å². The molecule has 0 fully saturated rings. The summed E-state index contributed by atoms with van der Waals surface area (Å²) in [5.41, 5.74) is 14.0. The number of pyridine rings is 2. The standard InChI is InChI=1S/C54H43N5/c1-6-14-47(46-27-25-39(33-36(46)2)15-12-30-55-5)44-20-9-18-42(34-44)37(3)58-54(51-24-11-17-40-16-7-8-23-48(40)51)59-38(4)43-19-10-21-45(35-43)49-29-32-57-53-50(49)28-26-41-22-13-31-56-52(41)53/h6-32,34-35H,1,4-5,33H2,2-3H3/b30-12-,39-15-,47-14-,58-37?,59-54?. The molecule has 0 amide bonds. The average molecular weight is 762 g/mol. The van der Waals surface area contributed by atoms with Crippen molar-refractivity contribution in [3.8, 4) is 11.1 Å². The first-order valence-corrected chi connectivity index (χ1v) is 19.6. The Balaban J connectivity index is 1.18. The maximum Gasteiger partial charge on any atom is 0.160 e. The van der Waals surface area contributed by atoms with Crippen LogP contribution in [0.3, 0.4) is 0 Å². The molecule has 0 radical (unpaired) electrons. The number of aromatic nitrogens is 2. The molecule has 0 saturated heterocycles. The van der Waals surface area contributed by atoms with E-state index >= 15 is 0 Å². The summed E-state index contributed by atoms with van der Waals surface area (Å²) in [7, 11) is 0. The summed E-state index contributed by atoms with van der Waals surface area (Å²) in [5.74, 6) is 0.586. The fourth-order valence-electron chi connectivity index (χ4n) is 7.68. The second-order valence-corrected chi connectivity index (χ2v) is 14.4. The van der Waals surface area contributed by atoms with Crippen molar-refractivity contribution in [2.45, 2.75) is 20.3 Å². The average Bonchev–Trinajstić information content (AvgIpc) is 3.28. The van der Waals surface area contributed by atoms with E-state index in [-0.39, 0.29) is 0 Å². The van der Waals surface area contributed by atoms with Crippen LogP contribution in [-0.4, -0.2) is 28.2 Å². The third-order valence-corrected chi connectivity index (χ3v) is 10.6. The Kier molecular flexibility index (Phi) is 11.2. The lowest BCUT2D eigenvalue weighted by Crippen LogP contribution is -2.06. The zero-order valence-corrected chi connectivity index (χ0v) is 33.3. The fraction of sp³-hybridized carbons (Fsp3) is 0.0556. The molecule has 284 valence electrons. The predicted molar refractivity (Wildman–Crippen MR) is 252 cm³/mol. The van der Waals surface area contributed by atoms with Gasteiger partial charge >= 0.3 is 0 Å². The van der Waals surface area contributed by atoms with E-state index in [2.05, 4.69) is 170 Å². The fourth-order valence-corrected chi connectivity index (χ4v) is 7.68. The second-order valence-electron chi connectivity index (χ2n) is 14.4. The zero-order valence-electron chi connectivity index (χ0n) is 33.3. The van der Waals surface area contributed by atoms with Gasteiger partial charge in [-0.05, 0) is 107 Å². The number of allylic oxidation sites excluding steroid dienone is 10. The molecule has 5 heteroatoms. The maximum atomic E-state index is 5.30. The molecule has 0 spiro atoms. The van der Waals surface area contributed by atoms with Gasteiger partial charge in [0.1, 0.15) is 0 Å². The van der Waals surface area contributed by atoms with Gasteiger partial charge in [0.15, 0.2) is 5.84 Å². The molecule has 1 aliphatic rings. The molecule has 0 saturated carbocycles. The number of aliphatic imine (C=N–C) groups is 3. The van der Waals surface area contributed by atoms with Crippen LogP contribution in [0.2, 0.25) is 0 Å². The minimum atomic E-state index is 0.586. The lowest BCUT2D eigenvalue weighted by atomic mass is 9.86. The second kappa shape index (κ2) is 17.2. The molecule has 1 aliphatic carbocycles. The van der Waals surface area contributed by atoms with Gasteiger partial charge in [-0.3, -0.25) is 15.0 Å². The van der Waals surface area contributed by atoms with E-state index in [0.717, 1.165) is 83.7 Å². The Morgan fingerprint density at radius 2 is 1.49 bits per heavy atom. The van der Waals surface area contributed by atoms with Gasteiger partial charge in [0.05, 0.1) is 16.7 Å². The van der Waals surface area contributed by atoms with Crippen LogP contribution in [-0.2, 0) is 0 Å². The van der Waals surface area contributed by atoms with Gasteiger partial charge in [-0.25, -0.2) is 9.98 Å². The van der Waals surface area contributed by atoms with Crippen LogP contribution in [0, 0.1) is 0 Å². The number of hydrogen-bond acceptors (Lipinski definition) is 4. The largest absolute Gasteiger partial charge is 0.273 e. The van der Waals surface area contributed by atoms with Crippen LogP contribution in [0.4, 0.5) is 0 Å². The van der Waals surface area contributed by atoms with Crippen LogP contribution in [0.15, 0.2) is 221 Å². The van der Waals surface area contributed by atoms with Gasteiger partial charge in [0.25, 0.3) is 0 Å². The van der Waals surface area contributed by atoms with Crippen molar-refractivity contribution in [2.24, 2.45) is 15.0 Å². The molecule has 59 heavy (non-hydrogen) atoms. The molecular weight excluding hydrogens is 719 g/mol. The van der Waals surface area contributed by atoms with E-state index in [4.69, 9.17) is 15.0 Å². The summed E-state index contributed by atoms with van der Waals surface area (Å²) in [6.07, 6.45) is 18.5. The molecule has 7 aromatic rings. The number of benzene rings is 5. The Hall–Kier alpha value is -7.63. The van der Waals surface area contributed by atoms with Crippen LogP contribution < -0.4 is 0 Å². The third-order valence-electron chi connectivity index (χ3n) is 10.6. The van der Waals surface area contributed by atoms with E-state index < -0.39 is 0 Å². The van der Waals surface area contributed by atoms with Gasteiger partial charge in [0, 0.05) is 46.2 Å². The van der Waals surface area contributed by atoms with Crippen molar-refractivity contribution in [3.05, 3.63) is 229 Å². The molecule has 8 rings (SSSR count). The number of rotatable bonds is 10. The highest BCUT2D eigenvalue weighted by Crippen LogP contribution is 2.35. The number of hydrogen-bond donors (Lipinski definition) is 0. The van der Waals surface area contributed by atoms with Gasteiger partial charge < -0.3 is 0 Å². The summed E-state index contributed by atoms with van der Waals surface area (Å²) in [5, 5.41) is 4.28. The highest BCUT2D eigenvalue weighted by atomic mass is 14.9. The highest BCUT2D eigenvalue weighted by Gasteiger charge is 2.16. The topological polar surface area (TPSA) is 62.9 Å². The van der Waals surface area contributed by atoms with E-state index in [1.807, 2.05) is 43.6 Å². The van der Waals surface area contributed by atoms with Crippen molar-refractivity contribution in [1.82, 2.24) is 9.97 Å². The molecule has 0 aliphatic heterocycles. The van der Waals surface area contributed by atoms with Crippen molar-refractivity contribution in [2.75, 3.05) is 0 Å². The third kappa shape index (κ3) is 8.13. The molecule has 2 heterocycles. The van der Waals surface area contributed by atoms with Crippen molar-refractivity contribution in [3.63, 3.8) is 0 Å². The molecule has 0 unspecified atom stereocenters. The Morgan fingerprint density at radius 3 is 2.36 bits per heavy atom. The number of nitrogens with zero attached hydrogens (tertiary/aromatic N) is 5. The first kappa shape index (κ1) is 38.3. The quantitative estimate of drug-likeness (QED) is 0.0603. The molecule has 0 atom stereocenters. The van der Waals surface area contributed by atoms with E-state index in [0.29, 0.717) is 11.5 Å². The van der Waals surface area contributed by atoms with E-state index in [1.54, 1.807) is 6.20 Å². The Labute approximate surface area is 345 Å². The SMILES string of the molecule is C=C/C=C(\C1=C(C)C/C(=C\C=C/N=C)C=C1)c1cccc(C(C)=NC(=NC(=C)c2cccc(-c3ccnc4c3ccc3cccnc34)c2)c2cccc3ccccc23)c1. The van der Waals surface area contributed by atoms with Gasteiger partial charge in [0.2, 0.25) is 0 Å². The van der Waals surface area contributed by atoms with Crippen LogP contribution >= 0.6 is 0 Å². The van der Waals surface area contributed by atoms with Crippen molar-refractivity contribution < 1.29 is 0 Å². The van der Waals surface area contributed by atoms with Crippen molar-refractivity contribution in [1.29, 1.82) is 0 Å². The minimum absolute atomic E-state index is 0.586. The molecule has 0 bridgehead atoms. The molecule has 5 aromatic carbocycles. The van der Waals surface area contributed by atoms with Crippen LogP contribution in [0.5, 0.6) is 0 Å². The first-order chi connectivity index (χ1) is 28.9. The summed E-state index contributed by atoms with van der Waals surface area (Å²) in [6.45, 7) is 16.3. The molecule has 2 aromatic heterocycles. The summed E-state index contributed by atoms with van der Waals surface area (Å²) in [6, 6.07) is 41.8. The van der Waals surface area contributed by atoms with Crippen LogP contribution in [0.25, 0.3) is 55.0 Å². The summed E-state index contributed by atoms with van der Waals surface area (Å²) >= 11 is 0. The smallest absolute Gasteiger partial charge is 0.160 e. The Bertz CT molecular complexity index is 3030. The molecule has 5 nitrogen and oxygen atoms in total. The summed E-state index contributed by atoms with van der Waals surface area (Å²) in [4.78, 5) is 23.7. The normalized spacial score (nSPS) is 14.5. The highest BCUT2D eigenvalue weighted by molar-refractivity contribution is 6.17. The van der Waals surface area contributed by atoms with Crippen LogP contribution in [0.1, 0.15) is 42.5 Å². The number of amidine groups is 1. The number of fused-ring (bicyclic) bond motifs is 4. The van der Waals surface area contributed by atoms with Gasteiger partial charge in [-0.1, -0.05) is 146 Å². The zero-order chi connectivity index (χ0) is 40.7. The van der Waals surface area contributed by atoms with E-state index in [1.165, 1.54) is 16.7 Å². The maximum absolute atomic E-state index is 5.30. The van der Waals surface area contributed by atoms with Crippen molar-refractivity contribution >= 4 is 62.1 Å². The first-order valence-electron chi connectivity index (χ1n) is 19.6. The summed E-state index contributed by atoms with van der Waals surface area (Å²) < 4.78 is 0. The minimum Gasteiger partial charge on any atom is -0.273 e.